The van der Waals surface area contributed by atoms with Gasteiger partial charge in [0.1, 0.15) is 29.5 Å². The zero-order valence-electron chi connectivity index (χ0n) is 14.8. The van der Waals surface area contributed by atoms with Crippen LogP contribution in [-0.2, 0) is 6.61 Å². The topological polar surface area (TPSA) is 52.8 Å². The lowest BCUT2D eigenvalue weighted by Crippen LogP contribution is -2.16. The Balaban J connectivity index is 1.50. The summed E-state index contributed by atoms with van der Waals surface area (Å²) in [6.45, 7) is 2.14. The fourth-order valence-corrected chi connectivity index (χ4v) is 2.74. The molecule has 0 radical (unpaired) electrons. The Morgan fingerprint density at radius 2 is 1.67 bits per heavy atom. The number of fused-ring (bicyclic) bond motifs is 1. The lowest BCUT2D eigenvalue weighted by Gasteiger charge is -2.10. The molecule has 0 amide bonds. The minimum absolute atomic E-state index is 0.122. The van der Waals surface area contributed by atoms with Gasteiger partial charge in [0, 0.05) is 18.3 Å². The molecule has 4 rings (SSSR count). The maximum absolute atomic E-state index is 12.3. The van der Waals surface area contributed by atoms with Crippen molar-refractivity contribution in [3.05, 3.63) is 101 Å². The number of hydrogen-bond donors (Lipinski definition) is 0. The zero-order chi connectivity index (χ0) is 18.6. The number of ether oxygens (including phenoxy) is 2. The highest BCUT2D eigenvalue weighted by Crippen LogP contribution is 2.25. The molecule has 4 aromatic rings. The van der Waals surface area contributed by atoms with E-state index in [1.165, 1.54) is 10.5 Å². The highest BCUT2D eigenvalue weighted by atomic mass is 16.5. The van der Waals surface area contributed by atoms with E-state index in [2.05, 4.69) is 4.98 Å². The summed E-state index contributed by atoms with van der Waals surface area (Å²) in [4.78, 5) is 16.8. The van der Waals surface area contributed by atoms with Crippen LogP contribution in [0.3, 0.4) is 0 Å². The lowest BCUT2D eigenvalue weighted by atomic mass is 10.3. The van der Waals surface area contributed by atoms with Crippen molar-refractivity contribution in [2.45, 2.75) is 13.5 Å². The Bertz CT molecular complexity index is 1140. The molecule has 5 nitrogen and oxygen atoms in total. The molecular weight excluding hydrogens is 340 g/mol. The minimum atomic E-state index is -0.122. The molecule has 0 fully saturated rings. The first-order valence-corrected chi connectivity index (χ1v) is 8.62. The van der Waals surface area contributed by atoms with E-state index in [4.69, 9.17) is 9.47 Å². The summed E-state index contributed by atoms with van der Waals surface area (Å²) in [6, 6.07) is 22.2. The van der Waals surface area contributed by atoms with Crippen molar-refractivity contribution in [1.29, 1.82) is 0 Å². The van der Waals surface area contributed by atoms with Gasteiger partial charge in [-0.3, -0.25) is 9.20 Å². The normalized spacial score (nSPS) is 10.7. The van der Waals surface area contributed by atoms with Gasteiger partial charge in [-0.2, -0.15) is 0 Å². The molecule has 27 heavy (non-hydrogen) atoms. The highest BCUT2D eigenvalue weighted by Gasteiger charge is 2.05. The number of rotatable bonds is 5. The van der Waals surface area contributed by atoms with E-state index in [0.29, 0.717) is 22.8 Å². The predicted molar refractivity (Wildman–Crippen MR) is 103 cm³/mol. The summed E-state index contributed by atoms with van der Waals surface area (Å²) in [7, 11) is 0. The molecule has 0 saturated heterocycles. The maximum Gasteiger partial charge on any atom is 0.258 e. The van der Waals surface area contributed by atoms with E-state index >= 15 is 0 Å². The van der Waals surface area contributed by atoms with E-state index in [0.717, 1.165) is 11.3 Å². The SMILES string of the molecule is Cc1ccc2nc(COc3cccc(Oc4ccccc4)c3)cc(=O)n2c1. The number of benzene rings is 2. The lowest BCUT2D eigenvalue weighted by molar-refractivity contribution is 0.300. The second kappa shape index (κ2) is 7.33. The van der Waals surface area contributed by atoms with Crippen molar-refractivity contribution < 1.29 is 9.47 Å². The van der Waals surface area contributed by atoms with Gasteiger partial charge in [-0.1, -0.05) is 30.3 Å². The second-order valence-corrected chi connectivity index (χ2v) is 6.20. The molecule has 0 aliphatic rings. The minimum Gasteiger partial charge on any atom is -0.487 e. The van der Waals surface area contributed by atoms with E-state index in [1.807, 2.05) is 73.7 Å². The standard InChI is InChI=1S/C22H18N2O3/c1-16-10-11-21-23-17(12-22(25)24(21)14-16)15-26-19-8-5-9-20(13-19)27-18-6-3-2-4-7-18/h2-14H,15H2,1H3. The molecule has 2 aromatic heterocycles. The monoisotopic (exact) mass is 358 g/mol. The van der Waals surface area contributed by atoms with Crippen LogP contribution in [-0.4, -0.2) is 9.38 Å². The van der Waals surface area contributed by atoms with Crippen molar-refractivity contribution >= 4 is 5.65 Å². The molecular formula is C22H18N2O3. The molecule has 134 valence electrons. The first-order chi connectivity index (χ1) is 13.2. The van der Waals surface area contributed by atoms with Crippen molar-refractivity contribution in [3.8, 4) is 17.2 Å². The summed E-state index contributed by atoms with van der Waals surface area (Å²) >= 11 is 0. The highest BCUT2D eigenvalue weighted by molar-refractivity contribution is 5.40. The molecule has 0 spiro atoms. The number of pyridine rings is 1. The van der Waals surface area contributed by atoms with E-state index < -0.39 is 0 Å². The number of aromatic nitrogens is 2. The summed E-state index contributed by atoms with van der Waals surface area (Å²) in [6.07, 6.45) is 1.78. The van der Waals surface area contributed by atoms with E-state index in [1.54, 1.807) is 6.20 Å². The summed E-state index contributed by atoms with van der Waals surface area (Å²) in [5, 5.41) is 0. The van der Waals surface area contributed by atoms with Gasteiger partial charge in [-0.15, -0.1) is 0 Å². The van der Waals surface area contributed by atoms with Crippen molar-refractivity contribution in [2.24, 2.45) is 0 Å². The van der Waals surface area contributed by atoms with Crippen molar-refractivity contribution in [2.75, 3.05) is 0 Å². The molecule has 0 saturated carbocycles. The predicted octanol–water partition coefficient (Wildman–Crippen LogP) is 4.37. The van der Waals surface area contributed by atoms with Gasteiger partial charge >= 0.3 is 0 Å². The second-order valence-electron chi connectivity index (χ2n) is 6.20. The Kier molecular flexibility index (Phi) is 4.58. The Hall–Kier alpha value is -3.60. The molecule has 0 aliphatic heterocycles. The van der Waals surface area contributed by atoms with E-state index in [9.17, 15) is 4.79 Å². The van der Waals surface area contributed by atoms with Crippen LogP contribution in [0, 0.1) is 6.92 Å². The first kappa shape index (κ1) is 16.8. The van der Waals surface area contributed by atoms with Crippen LogP contribution in [0.2, 0.25) is 0 Å². The molecule has 0 N–H and O–H groups in total. The Morgan fingerprint density at radius 3 is 2.52 bits per heavy atom. The van der Waals surface area contributed by atoms with Gasteiger partial charge in [-0.05, 0) is 42.8 Å². The molecule has 2 aromatic carbocycles. The Labute approximate surface area is 156 Å². The van der Waals surface area contributed by atoms with Gasteiger partial charge in [0.05, 0.1) is 5.69 Å². The van der Waals surface area contributed by atoms with Gasteiger partial charge in [0.15, 0.2) is 0 Å². The average Bonchev–Trinajstić information content (AvgIpc) is 2.68. The van der Waals surface area contributed by atoms with Crippen LogP contribution < -0.4 is 15.0 Å². The van der Waals surface area contributed by atoms with Crippen LogP contribution >= 0.6 is 0 Å². The molecule has 2 heterocycles. The fraction of sp³-hybridized carbons (Fsp3) is 0.0909. The van der Waals surface area contributed by atoms with Crippen LogP contribution in [0.1, 0.15) is 11.3 Å². The third-order valence-corrected chi connectivity index (χ3v) is 4.03. The number of hydrogen-bond acceptors (Lipinski definition) is 4. The van der Waals surface area contributed by atoms with Gasteiger partial charge in [-0.25, -0.2) is 4.98 Å². The van der Waals surface area contributed by atoms with Crippen LogP contribution in [0.15, 0.2) is 83.8 Å². The van der Waals surface area contributed by atoms with Crippen molar-refractivity contribution in [3.63, 3.8) is 0 Å². The first-order valence-electron chi connectivity index (χ1n) is 8.62. The van der Waals surface area contributed by atoms with Gasteiger partial charge in [0.2, 0.25) is 0 Å². The number of nitrogens with zero attached hydrogens (tertiary/aromatic N) is 2. The molecule has 0 unspecified atom stereocenters. The average molecular weight is 358 g/mol. The fourth-order valence-electron chi connectivity index (χ4n) is 2.74. The summed E-state index contributed by atoms with van der Waals surface area (Å²) in [5.74, 6) is 2.09. The smallest absolute Gasteiger partial charge is 0.258 e. The molecule has 0 atom stereocenters. The largest absolute Gasteiger partial charge is 0.487 e. The third kappa shape index (κ3) is 3.98. The van der Waals surface area contributed by atoms with Gasteiger partial charge in [0.25, 0.3) is 5.56 Å². The van der Waals surface area contributed by atoms with Crippen LogP contribution in [0.25, 0.3) is 5.65 Å². The summed E-state index contributed by atoms with van der Waals surface area (Å²) < 4.78 is 13.2. The van der Waals surface area contributed by atoms with Gasteiger partial charge < -0.3 is 9.47 Å². The summed E-state index contributed by atoms with van der Waals surface area (Å²) in [5.41, 5.74) is 2.07. The molecule has 0 aliphatic carbocycles. The Morgan fingerprint density at radius 1 is 0.889 bits per heavy atom. The quantitative estimate of drug-likeness (QED) is 0.531. The molecule has 5 heteroatoms. The maximum atomic E-state index is 12.3. The van der Waals surface area contributed by atoms with Crippen LogP contribution in [0.5, 0.6) is 17.2 Å². The number of aryl methyl sites for hydroxylation is 1. The van der Waals surface area contributed by atoms with Crippen molar-refractivity contribution in [1.82, 2.24) is 9.38 Å². The zero-order valence-corrected chi connectivity index (χ0v) is 14.8. The molecule has 0 bridgehead atoms. The van der Waals surface area contributed by atoms with E-state index in [-0.39, 0.29) is 12.2 Å². The van der Waals surface area contributed by atoms with Crippen LogP contribution in [0.4, 0.5) is 0 Å². The third-order valence-electron chi connectivity index (χ3n) is 4.03. The number of para-hydroxylation sites is 1.